The molecule has 0 bridgehead atoms. The maximum atomic E-state index is 12.5. The Balaban J connectivity index is 2.11. The molecule has 4 heteroatoms. The van der Waals surface area contributed by atoms with Crippen LogP contribution in [0.25, 0.3) is 10.8 Å². The van der Waals surface area contributed by atoms with Crippen molar-refractivity contribution in [1.82, 2.24) is 14.5 Å². The summed E-state index contributed by atoms with van der Waals surface area (Å²) in [6.45, 7) is 2.80. The van der Waals surface area contributed by atoms with Crippen molar-refractivity contribution in [2.75, 3.05) is 0 Å². The predicted octanol–water partition coefficient (Wildman–Crippen LogP) is 2.68. The Morgan fingerprint density at radius 3 is 2.84 bits per heavy atom. The van der Waals surface area contributed by atoms with Crippen LogP contribution in [0.4, 0.5) is 0 Å². The van der Waals surface area contributed by atoms with E-state index in [2.05, 4.69) is 9.97 Å². The minimum atomic E-state index is -0.135. The molecule has 0 unspecified atom stereocenters. The van der Waals surface area contributed by atoms with Gasteiger partial charge in [0.25, 0.3) is 0 Å². The van der Waals surface area contributed by atoms with E-state index in [4.69, 9.17) is 0 Å². The Morgan fingerprint density at radius 2 is 2.05 bits per heavy atom. The molecule has 0 aliphatic rings. The van der Waals surface area contributed by atoms with Crippen molar-refractivity contribution in [1.29, 1.82) is 0 Å². The van der Waals surface area contributed by atoms with Gasteiger partial charge in [-0.1, -0.05) is 24.3 Å². The SMILES string of the molecule is CCn1cnc(C(=O)c2nccc3ccccc23)c1. The normalized spacial score (nSPS) is 10.8. The number of fused-ring (bicyclic) bond motifs is 1. The van der Waals surface area contributed by atoms with Crippen LogP contribution in [-0.4, -0.2) is 20.3 Å². The van der Waals surface area contributed by atoms with Gasteiger partial charge in [-0.2, -0.15) is 0 Å². The number of benzene rings is 1. The lowest BCUT2D eigenvalue weighted by molar-refractivity contribution is 0.103. The molecule has 0 spiro atoms. The number of rotatable bonds is 3. The molecule has 1 aromatic carbocycles. The molecular weight excluding hydrogens is 238 g/mol. The third kappa shape index (κ3) is 2.01. The Hall–Kier alpha value is -2.49. The van der Waals surface area contributed by atoms with Crippen molar-refractivity contribution in [3.8, 4) is 0 Å². The molecule has 0 aliphatic carbocycles. The predicted molar refractivity (Wildman–Crippen MR) is 73.1 cm³/mol. The molecule has 0 saturated carbocycles. The second-order valence-corrected chi connectivity index (χ2v) is 4.30. The molecule has 0 saturated heterocycles. The lowest BCUT2D eigenvalue weighted by Crippen LogP contribution is -2.05. The molecule has 0 amide bonds. The van der Waals surface area contributed by atoms with E-state index in [1.807, 2.05) is 41.8 Å². The van der Waals surface area contributed by atoms with Crippen LogP contribution in [0.15, 0.2) is 49.1 Å². The van der Waals surface area contributed by atoms with Crippen molar-refractivity contribution in [2.24, 2.45) is 0 Å². The zero-order chi connectivity index (χ0) is 13.2. The van der Waals surface area contributed by atoms with Gasteiger partial charge >= 0.3 is 0 Å². The second-order valence-electron chi connectivity index (χ2n) is 4.30. The smallest absolute Gasteiger partial charge is 0.231 e. The molecule has 2 heterocycles. The number of nitrogens with zero attached hydrogens (tertiary/aromatic N) is 3. The lowest BCUT2D eigenvalue weighted by Gasteiger charge is -2.02. The van der Waals surface area contributed by atoms with Gasteiger partial charge in [0.1, 0.15) is 11.4 Å². The number of hydrogen-bond donors (Lipinski definition) is 0. The van der Waals surface area contributed by atoms with Gasteiger partial charge in [-0.3, -0.25) is 9.78 Å². The zero-order valence-corrected chi connectivity index (χ0v) is 10.6. The van der Waals surface area contributed by atoms with E-state index in [1.165, 1.54) is 0 Å². The number of hydrogen-bond acceptors (Lipinski definition) is 3. The first-order valence-corrected chi connectivity index (χ1v) is 6.20. The van der Waals surface area contributed by atoms with Crippen LogP contribution < -0.4 is 0 Å². The summed E-state index contributed by atoms with van der Waals surface area (Å²) < 4.78 is 1.87. The highest BCUT2D eigenvalue weighted by Gasteiger charge is 2.16. The van der Waals surface area contributed by atoms with Gasteiger partial charge in [0.2, 0.25) is 5.78 Å². The summed E-state index contributed by atoms with van der Waals surface area (Å²) in [5, 5.41) is 1.87. The summed E-state index contributed by atoms with van der Waals surface area (Å²) in [6.07, 6.45) is 5.08. The summed E-state index contributed by atoms with van der Waals surface area (Å²) in [4.78, 5) is 20.8. The Morgan fingerprint density at radius 1 is 1.21 bits per heavy atom. The average molecular weight is 251 g/mol. The molecule has 3 aromatic rings. The van der Waals surface area contributed by atoms with E-state index in [1.54, 1.807) is 18.7 Å². The van der Waals surface area contributed by atoms with Gasteiger partial charge in [0.15, 0.2) is 0 Å². The summed E-state index contributed by atoms with van der Waals surface area (Å²) in [5.41, 5.74) is 0.894. The molecule has 0 radical (unpaired) electrons. The molecule has 4 nitrogen and oxygen atoms in total. The highest BCUT2D eigenvalue weighted by atomic mass is 16.1. The average Bonchev–Trinajstić information content (AvgIpc) is 2.95. The summed E-state index contributed by atoms with van der Waals surface area (Å²) in [7, 11) is 0. The van der Waals surface area contributed by atoms with Gasteiger partial charge in [0, 0.05) is 24.3 Å². The summed E-state index contributed by atoms with van der Waals surface area (Å²) in [6, 6.07) is 9.63. The number of aromatic nitrogens is 3. The van der Waals surface area contributed by atoms with Gasteiger partial charge in [0.05, 0.1) is 6.33 Å². The Kier molecular flexibility index (Phi) is 2.83. The fraction of sp³-hybridized carbons (Fsp3) is 0.133. The number of pyridine rings is 1. The van der Waals surface area contributed by atoms with Gasteiger partial charge < -0.3 is 4.57 Å². The molecule has 19 heavy (non-hydrogen) atoms. The molecule has 0 N–H and O–H groups in total. The lowest BCUT2D eigenvalue weighted by atomic mass is 10.1. The minimum Gasteiger partial charge on any atom is -0.337 e. The largest absolute Gasteiger partial charge is 0.337 e. The number of aryl methyl sites for hydroxylation is 1. The van der Waals surface area contributed by atoms with Crippen molar-refractivity contribution in [3.05, 3.63) is 60.4 Å². The van der Waals surface area contributed by atoms with Crippen LogP contribution in [0.5, 0.6) is 0 Å². The van der Waals surface area contributed by atoms with E-state index in [-0.39, 0.29) is 5.78 Å². The zero-order valence-electron chi connectivity index (χ0n) is 10.6. The van der Waals surface area contributed by atoms with Crippen LogP contribution >= 0.6 is 0 Å². The molecule has 2 aromatic heterocycles. The van der Waals surface area contributed by atoms with Crippen LogP contribution in [0.2, 0.25) is 0 Å². The van der Waals surface area contributed by atoms with Crippen molar-refractivity contribution < 1.29 is 4.79 Å². The van der Waals surface area contributed by atoms with Crippen LogP contribution in [0, 0.1) is 0 Å². The van der Waals surface area contributed by atoms with Crippen molar-refractivity contribution in [3.63, 3.8) is 0 Å². The van der Waals surface area contributed by atoms with Crippen molar-refractivity contribution >= 4 is 16.6 Å². The molecular formula is C15H13N3O. The number of ketones is 1. The van der Waals surface area contributed by atoms with Crippen LogP contribution in [0.1, 0.15) is 23.1 Å². The number of imidazole rings is 1. The van der Waals surface area contributed by atoms with Gasteiger partial charge in [-0.25, -0.2) is 4.98 Å². The fourth-order valence-electron chi connectivity index (χ4n) is 2.07. The quantitative estimate of drug-likeness (QED) is 0.672. The highest BCUT2D eigenvalue weighted by molar-refractivity contribution is 6.13. The maximum Gasteiger partial charge on any atom is 0.231 e. The summed E-state index contributed by atoms with van der Waals surface area (Å²) in [5.74, 6) is -0.135. The van der Waals surface area contributed by atoms with E-state index in [0.717, 1.165) is 17.3 Å². The van der Waals surface area contributed by atoms with E-state index >= 15 is 0 Å². The van der Waals surface area contributed by atoms with Gasteiger partial charge in [-0.05, 0) is 18.4 Å². The first-order valence-electron chi connectivity index (χ1n) is 6.20. The molecule has 3 rings (SSSR count). The first kappa shape index (κ1) is 11.6. The third-order valence-electron chi connectivity index (χ3n) is 3.12. The molecule has 0 atom stereocenters. The van der Waals surface area contributed by atoms with Gasteiger partial charge in [-0.15, -0.1) is 0 Å². The first-order chi connectivity index (χ1) is 9.29. The molecule has 94 valence electrons. The van der Waals surface area contributed by atoms with E-state index < -0.39 is 0 Å². The Bertz CT molecular complexity index is 740. The molecule has 0 aliphatic heterocycles. The third-order valence-corrected chi connectivity index (χ3v) is 3.12. The minimum absolute atomic E-state index is 0.135. The van der Waals surface area contributed by atoms with Crippen LogP contribution in [0.3, 0.4) is 0 Å². The fourth-order valence-corrected chi connectivity index (χ4v) is 2.07. The van der Waals surface area contributed by atoms with E-state index in [9.17, 15) is 4.79 Å². The van der Waals surface area contributed by atoms with E-state index in [0.29, 0.717) is 11.4 Å². The monoisotopic (exact) mass is 251 g/mol. The molecule has 0 fully saturated rings. The standard InChI is InChI=1S/C15H13N3O/c1-2-18-9-13(17-10-18)15(19)14-12-6-4-3-5-11(12)7-8-16-14/h3-10H,2H2,1H3. The summed E-state index contributed by atoms with van der Waals surface area (Å²) >= 11 is 0. The Labute approximate surface area is 110 Å². The maximum absolute atomic E-state index is 12.5. The topological polar surface area (TPSA) is 47.8 Å². The second kappa shape index (κ2) is 4.65. The number of carbonyl (C=O) groups is 1. The number of carbonyl (C=O) groups excluding carboxylic acids is 1. The highest BCUT2D eigenvalue weighted by Crippen LogP contribution is 2.18. The van der Waals surface area contributed by atoms with Crippen molar-refractivity contribution in [2.45, 2.75) is 13.5 Å². The van der Waals surface area contributed by atoms with Crippen LogP contribution in [-0.2, 0) is 6.54 Å².